The maximum Gasteiger partial charge on any atom is 0.320 e. The SMILES string of the molecule is CCN(CC)C(=O)N1CCN(C(=O)c2cccc3c2CCCN3)CC1. The summed E-state index contributed by atoms with van der Waals surface area (Å²) in [6, 6.07) is 6.01. The molecule has 0 radical (unpaired) electrons. The number of benzene rings is 1. The Morgan fingerprint density at radius 3 is 2.44 bits per heavy atom. The van der Waals surface area contributed by atoms with Gasteiger partial charge in [-0.2, -0.15) is 0 Å². The first-order valence-corrected chi connectivity index (χ1v) is 9.34. The number of carbonyl (C=O) groups is 2. The van der Waals surface area contributed by atoms with Crippen molar-refractivity contribution in [3.05, 3.63) is 29.3 Å². The number of amides is 3. The van der Waals surface area contributed by atoms with E-state index in [0.717, 1.165) is 49.3 Å². The molecule has 0 spiro atoms. The van der Waals surface area contributed by atoms with Gasteiger partial charge in [-0.05, 0) is 44.4 Å². The molecule has 0 bridgehead atoms. The quantitative estimate of drug-likeness (QED) is 0.915. The van der Waals surface area contributed by atoms with Crippen molar-refractivity contribution in [1.29, 1.82) is 0 Å². The molecule has 6 heteroatoms. The van der Waals surface area contributed by atoms with E-state index in [1.54, 1.807) is 0 Å². The van der Waals surface area contributed by atoms with Gasteiger partial charge in [0.05, 0.1) is 0 Å². The summed E-state index contributed by atoms with van der Waals surface area (Å²) in [5.41, 5.74) is 3.04. The molecule has 25 heavy (non-hydrogen) atoms. The zero-order valence-corrected chi connectivity index (χ0v) is 15.3. The fourth-order valence-corrected chi connectivity index (χ4v) is 3.68. The average Bonchev–Trinajstić information content (AvgIpc) is 2.68. The predicted octanol–water partition coefficient (Wildman–Crippen LogP) is 2.26. The van der Waals surface area contributed by atoms with Crippen molar-refractivity contribution in [2.45, 2.75) is 26.7 Å². The van der Waals surface area contributed by atoms with E-state index in [4.69, 9.17) is 0 Å². The van der Waals surface area contributed by atoms with Crippen LogP contribution in [0.3, 0.4) is 0 Å². The van der Waals surface area contributed by atoms with E-state index in [0.29, 0.717) is 26.2 Å². The molecule has 0 aliphatic carbocycles. The third-order valence-electron chi connectivity index (χ3n) is 5.20. The van der Waals surface area contributed by atoms with E-state index < -0.39 is 0 Å². The fraction of sp³-hybridized carbons (Fsp3) is 0.579. The number of rotatable bonds is 3. The van der Waals surface area contributed by atoms with Gasteiger partial charge >= 0.3 is 6.03 Å². The van der Waals surface area contributed by atoms with Crippen LogP contribution < -0.4 is 5.32 Å². The topological polar surface area (TPSA) is 55.9 Å². The lowest BCUT2D eigenvalue weighted by Gasteiger charge is -2.37. The van der Waals surface area contributed by atoms with Crippen molar-refractivity contribution in [2.24, 2.45) is 0 Å². The molecule has 2 aliphatic heterocycles. The summed E-state index contributed by atoms with van der Waals surface area (Å²) in [5, 5.41) is 3.38. The molecule has 2 aliphatic rings. The van der Waals surface area contributed by atoms with Crippen molar-refractivity contribution in [1.82, 2.24) is 14.7 Å². The van der Waals surface area contributed by atoms with Crippen molar-refractivity contribution < 1.29 is 9.59 Å². The van der Waals surface area contributed by atoms with Gasteiger partial charge in [-0.3, -0.25) is 4.79 Å². The highest BCUT2D eigenvalue weighted by atomic mass is 16.2. The maximum absolute atomic E-state index is 13.0. The molecular weight excluding hydrogens is 316 g/mol. The highest BCUT2D eigenvalue weighted by molar-refractivity contribution is 5.97. The lowest BCUT2D eigenvalue weighted by atomic mass is 9.96. The largest absolute Gasteiger partial charge is 0.385 e. The third-order valence-corrected chi connectivity index (χ3v) is 5.20. The van der Waals surface area contributed by atoms with Crippen LogP contribution in [0.25, 0.3) is 0 Å². The Bertz CT molecular complexity index is 634. The van der Waals surface area contributed by atoms with Gasteiger partial charge in [0, 0.05) is 57.1 Å². The number of carbonyl (C=O) groups excluding carboxylic acids is 2. The molecule has 0 atom stereocenters. The van der Waals surface area contributed by atoms with Gasteiger partial charge in [0.25, 0.3) is 5.91 Å². The number of anilines is 1. The molecule has 3 amide bonds. The molecule has 1 aromatic rings. The summed E-state index contributed by atoms with van der Waals surface area (Å²) in [6.45, 7) is 8.81. The summed E-state index contributed by atoms with van der Waals surface area (Å²) in [6.07, 6.45) is 2.01. The highest BCUT2D eigenvalue weighted by Crippen LogP contribution is 2.26. The summed E-state index contributed by atoms with van der Waals surface area (Å²) < 4.78 is 0. The lowest BCUT2D eigenvalue weighted by Crippen LogP contribution is -2.54. The van der Waals surface area contributed by atoms with Gasteiger partial charge in [0.1, 0.15) is 0 Å². The molecule has 1 saturated heterocycles. The first kappa shape index (κ1) is 17.6. The Balaban J connectivity index is 1.65. The minimum Gasteiger partial charge on any atom is -0.385 e. The number of hydrogen-bond donors (Lipinski definition) is 1. The van der Waals surface area contributed by atoms with Crippen LogP contribution in [0.2, 0.25) is 0 Å². The van der Waals surface area contributed by atoms with E-state index in [-0.39, 0.29) is 11.9 Å². The van der Waals surface area contributed by atoms with E-state index >= 15 is 0 Å². The van der Waals surface area contributed by atoms with E-state index in [1.165, 1.54) is 0 Å². The van der Waals surface area contributed by atoms with Crippen LogP contribution in [-0.2, 0) is 6.42 Å². The first-order chi connectivity index (χ1) is 12.2. The predicted molar refractivity (Wildman–Crippen MR) is 99.0 cm³/mol. The van der Waals surface area contributed by atoms with Gasteiger partial charge in [-0.15, -0.1) is 0 Å². The van der Waals surface area contributed by atoms with E-state index in [9.17, 15) is 9.59 Å². The molecule has 1 N–H and O–H groups in total. The molecule has 1 aromatic carbocycles. The third kappa shape index (κ3) is 3.57. The molecule has 1 fully saturated rings. The maximum atomic E-state index is 13.0. The molecule has 0 aromatic heterocycles. The standard InChI is InChI=1S/C19H28N4O2/c1-3-21(4-2)19(25)23-13-11-22(12-14-23)18(24)16-7-5-9-17-15(16)8-6-10-20-17/h5,7,9,20H,3-4,6,8,10-14H2,1-2H3. The second-order valence-electron chi connectivity index (χ2n) is 6.60. The molecule has 6 nitrogen and oxygen atoms in total. The van der Waals surface area contributed by atoms with Crippen LogP contribution in [0, 0.1) is 0 Å². The number of urea groups is 1. The van der Waals surface area contributed by atoms with Crippen molar-refractivity contribution in [2.75, 3.05) is 51.1 Å². The van der Waals surface area contributed by atoms with Crippen LogP contribution in [0.5, 0.6) is 0 Å². The monoisotopic (exact) mass is 344 g/mol. The van der Waals surface area contributed by atoms with Gasteiger partial charge < -0.3 is 20.0 Å². The lowest BCUT2D eigenvalue weighted by molar-refractivity contribution is 0.0640. The Labute approximate surface area is 149 Å². The second-order valence-corrected chi connectivity index (χ2v) is 6.60. The summed E-state index contributed by atoms with van der Waals surface area (Å²) in [7, 11) is 0. The number of nitrogens with zero attached hydrogens (tertiary/aromatic N) is 3. The van der Waals surface area contributed by atoms with Crippen LogP contribution in [-0.4, -0.2) is 72.5 Å². The molecular formula is C19H28N4O2. The smallest absolute Gasteiger partial charge is 0.320 e. The molecule has 3 rings (SSSR count). The number of fused-ring (bicyclic) bond motifs is 1. The Hall–Kier alpha value is -2.24. The Kier molecular flexibility index (Phi) is 5.46. The molecule has 0 unspecified atom stereocenters. The van der Waals surface area contributed by atoms with Crippen LogP contribution in [0.15, 0.2) is 18.2 Å². The summed E-state index contributed by atoms with van der Waals surface area (Å²) in [4.78, 5) is 31.0. The highest BCUT2D eigenvalue weighted by Gasteiger charge is 2.28. The first-order valence-electron chi connectivity index (χ1n) is 9.34. The number of hydrogen-bond acceptors (Lipinski definition) is 3. The van der Waals surface area contributed by atoms with Gasteiger partial charge in [0.2, 0.25) is 0 Å². The number of nitrogens with one attached hydrogen (secondary N) is 1. The molecule has 0 saturated carbocycles. The van der Waals surface area contributed by atoms with Gasteiger partial charge in [-0.25, -0.2) is 4.79 Å². The van der Waals surface area contributed by atoms with Gasteiger partial charge in [-0.1, -0.05) is 6.07 Å². The minimum absolute atomic E-state index is 0.0818. The van der Waals surface area contributed by atoms with E-state index in [1.807, 2.05) is 46.7 Å². The van der Waals surface area contributed by atoms with E-state index in [2.05, 4.69) is 5.32 Å². The summed E-state index contributed by atoms with van der Waals surface area (Å²) in [5.74, 6) is 0.0930. The fourth-order valence-electron chi connectivity index (χ4n) is 3.68. The normalized spacial score (nSPS) is 16.9. The van der Waals surface area contributed by atoms with Gasteiger partial charge in [0.15, 0.2) is 0 Å². The second kappa shape index (κ2) is 7.76. The van der Waals surface area contributed by atoms with Crippen LogP contribution >= 0.6 is 0 Å². The minimum atomic E-state index is 0.0818. The Morgan fingerprint density at radius 1 is 1.08 bits per heavy atom. The zero-order valence-electron chi connectivity index (χ0n) is 15.3. The van der Waals surface area contributed by atoms with Crippen molar-refractivity contribution in [3.8, 4) is 0 Å². The van der Waals surface area contributed by atoms with Crippen molar-refractivity contribution in [3.63, 3.8) is 0 Å². The molecule has 136 valence electrons. The molecule has 2 heterocycles. The number of piperazine rings is 1. The zero-order chi connectivity index (χ0) is 17.8. The van der Waals surface area contributed by atoms with Crippen molar-refractivity contribution >= 4 is 17.6 Å². The van der Waals surface area contributed by atoms with Crippen LogP contribution in [0.1, 0.15) is 36.2 Å². The van der Waals surface area contributed by atoms with Crippen LogP contribution in [0.4, 0.5) is 10.5 Å². The Morgan fingerprint density at radius 2 is 1.76 bits per heavy atom. The average molecular weight is 344 g/mol. The summed E-state index contributed by atoms with van der Waals surface area (Å²) >= 11 is 0.